The van der Waals surface area contributed by atoms with Crippen molar-refractivity contribution in [2.75, 3.05) is 0 Å². The van der Waals surface area contributed by atoms with Crippen LogP contribution in [0.25, 0.3) is 88.4 Å². The largest absolute Gasteiger partial charge is 0.208 e. The van der Waals surface area contributed by atoms with Crippen LogP contribution in [-0.4, -0.2) is 15.0 Å². The normalized spacial score (nSPS) is 11.5. The SMILES string of the molecule is c1ccc(-c2nc(-c3ccc4c(-c5ccccc5)cccc4c3)nc(-c3cccc4c3ccc3c5ccccc5ccc43)n2)cc1. The first kappa shape index (κ1) is 26.2. The van der Waals surface area contributed by atoms with E-state index in [1.54, 1.807) is 0 Å². The van der Waals surface area contributed by atoms with Gasteiger partial charge >= 0.3 is 0 Å². The van der Waals surface area contributed by atoms with Gasteiger partial charge in [0.05, 0.1) is 0 Å². The molecule has 0 unspecified atom stereocenters. The lowest BCUT2D eigenvalue weighted by molar-refractivity contribution is 1.08. The van der Waals surface area contributed by atoms with Crippen LogP contribution in [0.1, 0.15) is 0 Å². The van der Waals surface area contributed by atoms with E-state index in [1.807, 2.05) is 18.2 Å². The highest BCUT2D eigenvalue weighted by Gasteiger charge is 2.16. The van der Waals surface area contributed by atoms with Crippen LogP contribution in [0.3, 0.4) is 0 Å². The van der Waals surface area contributed by atoms with Gasteiger partial charge in [-0.2, -0.15) is 0 Å². The van der Waals surface area contributed by atoms with Gasteiger partial charge in [0.2, 0.25) is 0 Å². The molecule has 0 radical (unpaired) electrons. The van der Waals surface area contributed by atoms with Gasteiger partial charge in [0, 0.05) is 16.7 Å². The van der Waals surface area contributed by atoms with Crippen LogP contribution in [0, 0.1) is 0 Å². The Hall–Kier alpha value is -6.19. The van der Waals surface area contributed by atoms with Gasteiger partial charge in [0.15, 0.2) is 17.5 Å². The smallest absolute Gasteiger partial charge is 0.164 e. The van der Waals surface area contributed by atoms with Crippen LogP contribution in [-0.2, 0) is 0 Å². The molecule has 3 nitrogen and oxygen atoms in total. The van der Waals surface area contributed by atoms with Gasteiger partial charge in [-0.25, -0.2) is 15.0 Å². The molecule has 9 aromatic rings. The fraction of sp³-hybridized carbons (Fsp3) is 0. The van der Waals surface area contributed by atoms with E-state index < -0.39 is 0 Å². The van der Waals surface area contributed by atoms with E-state index in [0.29, 0.717) is 17.5 Å². The topological polar surface area (TPSA) is 38.7 Å². The lowest BCUT2D eigenvalue weighted by atomic mass is 9.95. The molecule has 0 spiro atoms. The quantitative estimate of drug-likeness (QED) is 0.193. The fourth-order valence-electron chi connectivity index (χ4n) is 6.69. The first-order valence-corrected chi connectivity index (χ1v) is 15.5. The number of aromatic nitrogens is 3. The number of nitrogens with zero attached hydrogens (tertiary/aromatic N) is 3. The predicted molar refractivity (Wildman–Crippen MR) is 192 cm³/mol. The minimum Gasteiger partial charge on any atom is -0.208 e. The summed E-state index contributed by atoms with van der Waals surface area (Å²) in [5, 5.41) is 9.61. The van der Waals surface area contributed by atoms with Crippen LogP contribution in [0.2, 0.25) is 0 Å². The molecule has 0 saturated heterocycles. The summed E-state index contributed by atoms with van der Waals surface area (Å²) in [4.78, 5) is 15.2. The van der Waals surface area contributed by atoms with Crippen molar-refractivity contribution in [3.63, 3.8) is 0 Å². The van der Waals surface area contributed by atoms with E-state index in [9.17, 15) is 0 Å². The summed E-state index contributed by atoms with van der Waals surface area (Å²) >= 11 is 0. The summed E-state index contributed by atoms with van der Waals surface area (Å²) in [5.74, 6) is 1.97. The summed E-state index contributed by atoms with van der Waals surface area (Å²) in [6.45, 7) is 0. The summed E-state index contributed by atoms with van der Waals surface area (Å²) in [6, 6.07) is 57.5. The third-order valence-electron chi connectivity index (χ3n) is 8.92. The third-order valence-corrected chi connectivity index (χ3v) is 8.92. The van der Waals surface area contributed by atoms with Crippen molar-refractivity contribution < 1.29 is 0 Å². The molecule has 46 heavy (non-hydrogen) atoms. The van der Waals surface area contributed by atoms with Crippen LogP contribution in [0.5, 0.6) is 0 Å². The first-order valence-electron chi connectivity index (χ1n) is 15.5. The number of fused-ring (bicyclic) bond motifs is 6. The Bertz CT molecular complexity index is 2570. The minimum atomic E-state index is 0.652. The van der Waals surface area contributed by atoms with Crippen LogP contribution in [0.4, 0.5) is 0 Å². The molecule has 0 aliphatic rings. The van der Waals surface area contributed by atoms with Gasteiger partial charge in [-0.3, -0.25) is 0 Å². The molecule has 214 valence electrons. The fourth-order valence-corrected chi connectivity index (χ4v) is 6.69. The molecule has 9 rings (SSSR count). The van der Waals surface area contributed by atoms with E-state index in [4.69, 9.17) is 15.0 Å². The molecule has 1 heterocycles. The number of rotatable bonds is 4. The van der Waals surface area contributed by atoms with Gasteiger partial charge in [0.25, 0.3) is 0 Å². The zero-order valence-electron chi connectivity index (χ0n) is 24.9. The second-order valence-electron chi connectivity index (χ2n) is 11.6. The summed E-state index contributed by atoms with van der Waals surface area (Å²) in [7, 11) is 0. The van der Waals surface area contributed by atoms with Crippen LogP contribution in [0.15, 0.2) is 164 Å². The third kappa shape index (κ3) is 4.41. The molecule has 0 aliphatic heterocycles. The maximum absolute atomic E-state index is 5.14. The van der Waals surface area contributed by atoms with Crippen molar-refractivity contribution in [1.29, 1.82) is 0 Å². The molecular weight excluding hydrogens is 558 g/mol. The van der Waals surface area contributed by atoms with E-state index in [2.05, 4.69) is 146 Å². The van der Waals surface area contributed by atoms with E-state index >= 15 is 0 Å². The maximum atomic E-state index is 5.14. The van der Waals surface area contributed by atoms with Gasteiger partial charge in [-0.05, 0) is 60.3 Å². The second-order valence-corrected chi connectivity index (χ2v) is 11.6. The van der Waals surface area contributed by atoms with Crippen LogP contribution < -0.4 is 0 Å². The zero-order valence-corrected chi connectivity index (χ0v) is 24.9. The monoisotopic (exact) mass is 585 g/mol. The van der Waals surface area contributed by atoms with Gasteiger partial charge in [-0.1, -0.05) is 158 Å². The number of hydrogen-bond acceptors (Lipinski definition) is 3. The predicted octanol–water partition coefficient (Wildman–Crippen LogP) is 11.2. The molecule has 0 N–H and O–H groups in total. The summed E-state index contributed by atoms with van der Waals surface area (Å²) in [5.41, 5.74) is 5.31. The van der Waals surface area contributed by atoms with Gasteiger partial charge in [0.1, 0.15) is 0 Å². The van der Waals surface area contributed by atoms with Crippen molar-refractivity contribution in [3.05, 3.63) is 164 Å². The molecular formula is C43H27N3. The van der Waals surface area contributed by atoms with Crippen molar-refractivity contribution in [1.82, 2.24) is 15.0 Å². The molecule has 8 aromatic carbocycles. The number of benzene rings is 8. The highest BCUT2D eigenvalue weighted by atomic mass is 15.0. The van der Waals surface area contributed by atoms with Gasteiger partial charge < -0.3 is 0 Å². The Morgan fingerprint density at radius 3 is 1.65 bits per heavy atom. The Kier molecular flexibility index (Phi) is 6.14. The highest BCUT2D eigenvalue weighted by Crippen LogP contribution is 2.37. The zero-order chi connectivity index (χ0) is 30.5. The van der Waals surface area contributed by atoms with Crippen molar-refractivity contribution in [3.8, 4) is 45.3 Å². The lowest BCUT2D eigenvalue weighted by Gasteiger charge is -2.13. The average molecular weight is 586 g/mol. The molecule has 0 amide bonds. The number of hydrogen-bond donors (Lipinski definition) is 0. The molecule has 0 fully saturated rings. The Balaban J connectivity index is 1.25. The lowest BCUT2D eigenvalue weighted by Crippen LogP contribution is -2.00. The summed E-state index contributed by atoms with van der Waals surface area (Å²) in [6.07, 6.45) is 0. The molecule has 1 aromatic heterocycles. The highest BCUT2D eigenvalue weighted by molar-refractivity contribution is 6.19. The van der Waals surface area contributed by atoms with Gasteiger partial charge in [-0.15, -0.1) is 0 Å². The van der Waals surface area contributed by atoms with E-state index in [1.165, 1.54) is 43.4 Å². The van der Waals surface area contributed by atoms with Crippen LogP contribution >= 0.6 is 0 Å². The molecule has 0 bridgehead atoms. The first-order chi connectivity index (χ1) is 22.8. The Morgan fingerprint density at radius 1 is 0.261 bits per heavy atom. The molecule has 0 aliphatic carbocycles. The Morgan fingerprint density at radius 2 is 0.804 bits per heavy atom. The second kappa shape index (κ2) is 10.8. The summed E-state index contributed by atoms with van der Waals surface area (Å²) < 4.78 is 0. The molecule has 0 saturated carbocycles. The molecule has 0 atom stereocenters. The van der Waals surface area contributed by atoms with E-state index in [0.717, 1.165) is 27.5 Å². The van der Waals surface area contributed by atoms with Crippen molar-refractivity contribution in [2.24, 2.45) is 0 Å². The maximum Gasteiger partial charge on any atom is 0.164 e. The van der Waals surface area contributed by atoms with Crippen molar-refractivity contribution in [2.45, 2.75) is 0 Å². The standard InChI is InChI=1S/C43H27N3/c1-3-11-28(12-4-1)33-18-9-16-31-27-32(22-23-35(31)33)42-44-41(30-14-5-2-6-15-30)45-43(46-42)40-20-10-19-36-38-24-21-29-13-7-8-17-34(29)37(38)25-26-39(36)40/h1-27H. The van der Waals surface area contributed by atoms with Crippen molar-refractivity contribution >= 4 is 43.1 Å². The minimum absolute atomic E-state index is 0.652. The Labute approximate surface area is 266 Å². The van der Waals surface area contributed by atoms with E-state index in [-0.39, 0.29) is 0 Å². The molecule has 3 heteroatoms. The average Bonchev–Trinajstić information content (AvgIpc) is 3.14.